The lowest BCUT2D eigenvalue weighted by Crippen LogP contribution is -2.09. The maximum Gasteiger partial charge on any atom is 0.138 e. The molecule has 11 heavy (non-hydrogen) atoms. The highest BCUT2D eigenvalue weighted by Crippen LogP contribution is 1.93. The third-order valence-corrected chi connectivity index (χ3v) is 1.22. The van der Waals surface area contributed by atoms with Crippen LogP contribution in [0.2, 0.25) is 0 Å². The molecule has 0 aliphatic rings. The molecule has 0 spiro atoms. The summed E-state index contributed by atoms with van der Waals surface area (Å²) in [5.41, 5.74) is 0.877. The van der Waals surface area contributed by atoms with E-state index in [1.54, 1.807) is 5.01 Å². The van der Waals surface area contributed by atoms with Gasteiger partial charge in [-0.3, -0.25) is 4.79 Å². The summed E-state index contributed by atoms with van der Waals surface area (Å²) < 4.78 is 0. The van der Waals surface area contributed by atoms with Gasteiger partial charge in [-0.15, -0.1) is 0 Å². The molecule has 0 aliphatic carbocycles. The Kier molecular flexibility index (Phi) is 4.50. The van der Waals surface area contributed by atoms with Crippen LogP contribution in [-0.4, -0.2) is 30.6 Å². The van der Waals surface area contributed by atoms with Crippen LogP contribution in [0.15, 0.2) is 5.10 Å². The summed E-state index contributed by atoms with van der Waals surface area (Å²) in [7, 11) is 3.69. The van der Waals surface area contributed by atoms with Crippen LogP contribution in [0.5, 0.6) is 0 Å². The number of hydrogen-bond acceptors (Lipinski definition) is 3. The van der Waals surface area contributed by atoms with E-state index in [4.69, 9.17) is 0 Å². The topological polar surface area (TPSA) is 32.7 Å². The summed E-state index contributed by atoms with van der Waals surface area (Å²) in [5, 5.41) is 5.80. The van der Waals surface area contributed by atoms with E-state index in [0.29, 0.717) is 12.8 Å². The zero-order valence-corrected chi connectivity index (χ0v) is 7.72. The Morgan fingerprint density at radius 1 is 1.45 bits per heavy atom. The molecular weight excluding hydrogens is 140 g/mol. The van der Waals surface area contributed by atoms with Crippen LogP contribution < -0.4 is 0 Å². The lowest BCUT2D eigenvalue weighted by atomic mass is 10.2. The van der Waals surface area contributed by atoms with Gasteiger partial charge in [-0.05, 0) is 6.92 Å². The minimum atomic E-state index is 0.244. The van der Waals surface area contributed by atoms with Gasteiger partial charge in [-0.25, -0.2) is 0 Å². The molecule has 0 bridgehead atoms. The molecule has 0 radical (unpaired) electrons. The summed E-state index contributed by atoms with van der Waals surface area (Å²) in [4.78, 5) is 10.9. The molecule has 3 nitrogen and oxygen atoms in total. The lowest BCUT2D eigenvalue weighted by molar-refractivity contribution is -0.117. The normalized spacial score (nSPS) is 11.5. The molecular formula is C8H16N2O. The Bertz CT molecular complexity index is 161. The summed E-state index contributed by atoms with van der Waals surface area (Å²) >= 11 is 0. The minimum absolute atomic E-state index is 0.244. The van der Waals surface area contributed by atoms with E-state index in [-0.39, 0.29) is 5.78 Å². The van der Waals surface area contributed by atoms with Crippen molar-refractivity contribution in [3.63, 3.8) is 0 Å². The molecule has 0 amide bonds. The van der Waals surface area contributed by atoms with Gasteiger partial charge in [0.05, 0.1) is 0 Å². The molecule has 0 N–H and O–H groups in total. The van der Waals surface area contributed by atoms with Crippen LogP contribution in [0.1, 0.15) is 26.7 Å². The van der Waals surface area contributed by atoms with Gasteiger partial charge in [0.15, 0.2) is 0 Å². The molecule has 0 aromatic rings. The van der Waals surface area contributed by atoms with E-state index in [1.807, 2.05) is 27.9 Å². The first-order valence-electron chi connectivity index (χ1n) is 3.79. The molecule has 0 rings (SSSR count). The first-order valence-corrected chi connectivity index (χ1v) is 3.79. The molecule has 0 atom stereocenters. The van der Waals surface area contributed by atoms with Gasteiger partial charge in [0.1, 0.15) is 5.78 Å². The fourth-order valence-electron chi connectivity index (χ4n) is 0.787. The third kappa shape index (κ3) is 5.58. The first kappa shape index (κ1) is 10.1. The van der Waals surface area contributed by atoms with E-state index in [1.165, 1.54) is 0 Å². The maximum absolute atomic E-state index is 10.9. The fraction of sp³-hybridized carbons (Fsp3) is 0.750. The van der Waals surface area contributed by atoms with Gasteiger partial charge in [-0.1, -0.05) is 6.92 Å². The van der Waals surface area contributed by atoms with Crippen LogP contribution in [0.25, 0.3) is 0 Å². The Morgan fingerprint density at radius 2 is 2.00 bits per heavy atom. The van der Waals surface area contributed by atoms with Gasteiger partial charge in [0, 0.05) is 32.6 Å². The Labute approximate surface area is 68.1 Å². The minimum Gasteiger partial charge on any atom is -0.303 e. The molecule has 0 aromatic carbocycles. The van der Waals surface area contributed by atoms with Gasteiger partial charge < -0.3 is 5.01 Å². The molecule has 0 heterocycles. The predicted molar refractivity (Wildman–Crippen MR) is 46.7 cm³/mol. The predicted octanol–water partition coefficient (Wildman–Crippen LogP) is 1.29. The summed E-state index contributed by atoms with van der Waals surface area (Å²) in [5.74, 6) is 0.244. The number of nitrogens with zero attached hydrogens (tertiary/aromatic N) is 2. The van der Waals surface area contributed by atoms with Gasteiger partial charge in [-0.2, -0.15) is 5.10 Å². The Hall–Kier alpha value is -0.860. The maximum atomic E-state index is 10.9. The summed E-state index contributed by atoms with van der Waals surface area (Å²) in [6.07, 6.45) is 1.08. The van der Waals surface area contributed by atoms with Crippen LogP contribution in [-0.2, 0) is 4.79 Å². The van der Waals surface area contributed by atoms with E-state index in [2.05, 4.69) is 5.10 Å². The zero-order chi connectivity index (χ0) is 8.85. The van der Waals surface area contributed by atoms with Crippen molar-refractivity contribution in [3.05, 3.63) is 0 Å². The number of carbonyl (C=O) groups excluding carboxylic acids is 1. The molecule has 64 valence electrons. The third-order valence-electron chi connectivity index (χ3n) is 1.22. The van der Waals surface area contributed by atoms with Crippen molar-refractivity contribution in [1.29, 1.82) is 0 Å². The van der Waals surface area contributed by atoms with Gasteiger partial charge in [0.25, 0.3) is 0 Å². The van der Waals surface area contributed by atoms with E-state index < -0.39 is 0 Å². The monoisotopic (exact) mass is 156 g/mol. The average molecular weight is 156 g/mol. The fourth-order valence-corrected chi connectivity index (χ4v) is 0.787. The largest absolute Gasteiger partial charge is 0.303 e. The zero-order valence-electron chi connectivity index (χ0n) is 7.72. The van der Waals surface area contributed by atoms with Crippen molar-refractivity contribution in [2.45, 2.75) is 26.7 Å². The standard InChI is InChI=1S/C8H16N2O/c1-5-8(11)6-7(2)9-10(3)4/h5-6H2,1-4H3/b9-7+. The van der Waals surface area contributed by atoms with Crippen LogP contribution in [0.4, 0.5) is 0 Å². The number of ketones is 1. The molecule has 0 unspecified atom stereocenters. The SMILES string of the molecule is CCC(=O)C/C(C)=N/N(C)C. The van der Waals surface area contributed by atoms with E-state index in [9.17, 15) is 4.79 Å². The Morgan fingerprint density at radius 3 is 2.36 bits per heavy atom. The number of Topliss-reactive ketones (excluding diaryl/α,β-unsaturated/α-hetero) is 1. The van der Waals surface area contributed by atoms with E-state index in [0.717, 1.165) is 5.71 Å². The quantitative estimate of drug-likeness (QED) is 0.454. The number of carbonyl (C=O) groups is 1. The van der Waals surface area contributed by atoms with Gasteiger partial charge in [0.2, 0.25) is 0 Å². The van der Waals surface area contributed by atoms with Crippen molar-refractivity contribution < 1.29 is 4.79 Å². The van der Waals surface area contributed by atoms with Crippen LogP contribution >= 0.6 is 0 Å². The van der Waals surface area contributed by atoms with Gasteiger partial charge >= 0.3 is 0 Å². The highest BCUT2D eigenvalue weighted by molar-refractivity contribution is 6.00. The average Bonchev–Trinajstić information content (AvgIpc) is 1.85. The smallest absolute Gasteiger partial charge is 0.138 e. The van der Waals surface area contributed by atoms with E-state index >= 15 is 0 Å². The second-order valence-electron chi connectivity index (χ2n) is 2.75. The van der Waals surface area contributed by atoms with Crippen molar-refractivity contribution >= 4 is 11.5 Å². The highest BCUT2D eigenvalue weighted by Gasteiger charge is 2.00. The van der Waals surface area contributed by atoms with Crippen molar-refractivity contribution in [2.75, 3.05) is 14.1 Å². The summed E-state index contributed by atoms with van der Waals surface area (Å²) in [6.45, 7) is 3.73. The molecule has 0 saturated heterocycles. The number of hydrazone groups is 1. The van der Waals surface area contributed by atoms with Crippen molar-refractivity contribution in [1.82, 2.24) is 5.01 Å². The van der Waals surface area contributed by atoms with Crippen LogP contribution in [0, 0.1) is 0 Å². The molecule has 3 heteroatoms. The second-order valence-corrected chi connectivity index (χ2v) is 2.75. The van der Waals surface area contributed by atoms with Crippen molar-refractivity contribution in [2.24, 2.45) is 5.10 Å². The Balaban J connectivity index is 3.86. The lowest BCUT2D eigenvalue weighted by Gasteiger charge is -2.05. The highest BCUT2D eigenvalue weighted by atomic mass is 16.1. The number of hydrogen-bond donors (Lipinski definition) is 0. The first-order chi connectivity index (χ1) is 5.06. The molecule has 0 fully saturated rings. The second kappa shape index (κ2) is 4.88. The van der Waals surface area contributed by atoms with Crippen LogP contribution in [0.3, 0.4) is 0 Å². The molecule has 0 aliphatic heterocycles. The molecule has 0 saturated carbocycles. The molecule has 0 aromatic heterocycles. The summed E-state index contributed by atoms with van der Waals surface area (Å²) in [6, 6.07) is 0. The number of rotatable bonds is 4. The van der Waals surface area contributed by atoms with Crippen molar-refractivity contribution in [3.8, 4) is 0 Å².